The summed E-state index contributed by atoms with van der Waals surface area (Å²) in [6.07, 6.45) is 17.2. The molecule has 1 aliphatic carbocycles. The highest BCUT2D eigenvalue weighted by molar-refractivity contribution is 5.60. The van der Waals surface area contributed by atoms with E-state index in [0.29, 0.717) is 0 Å². The van der Waals surface area contributed by atoms with E-state index in [2.05, 4.69) is 58.2 Å². The minimum Gasteiger partial charge on any atom is -0.208 e. The molecule has 21 heavy (non-hydrogen) atoms. The van der Waals surface area contributed by atoms with Gasteiger partial charge in [0.05, 0.1) is 0 Å². The molecule has 1 aliphatic rings. The zero-order chi connectivity index (χ0) is 14.5. The number of nitrogens with zero attached hydrogens (tertiary/aromatic N) is 2. The maximum atomic E-state index is 2.32. The molecule has 0 radical (unpaired) electrons. The molecule has 0 saturated heterocycles. The molecule has 0 aromatic carbocycles. The van der Waals surface area contributed by atoms with Gasteiger partial charge in [-0.15, -0.1) is 0 Å². The average molecular weight is 282 g/mol. The smallest absolute Gasteiger partial charge is 0.169 e. The van der Waals surface area contributed by atoms with E-state index in [1.54, 1.807) is 0 Å². The molecule has 0 aliphatic heterocycles. The molecule has 0 spiro atoms. The van der Waals surface area contributed by atoms with Gasteiger partial charge in [0.25, 0.3) is 0 Å². The van der Waals surface area contributed by atoms with E-state index < -0.39 is 0 Å². The molecule has 1 fully saturated rings. The third-order valence-electron chi connectivity index (χ3n) is 4.71. The van der Waals surface area contributed by atoms with Gasteiger partial charge in [0.15, 0.2) is 24.8 Å². The van der Waals surface area contributed by atoms with Crippen LogP contribution in [0.2, 0.25) is 0 Å². The number of hydrogen-bond acceptors (Lipinski definition) is 0. The minimum absolute atomic E-state index is 1.01. The van der Waals surface area contributed by atoms with Crippen LogP contribution in [0.5, 0.6) is 0 Å². The molecule has 3 rings (SSSR count). The first kappa shape index (κ1) is 14.2. The lowest BCUT2D eigenvalue weighted by molar-refractivity contribution is -0.697. The first-order chi connectivity index (χ1) is 10.3. The molecule has 0 amide bonds. The lowest BCUT2D eigenvalue weighted by Crippen LogP contribution is -2.32. The van der Waals surface area contributed by atoms with Gasteiger partial charge in [-0.25, -0.2) is 9.13 Å². The fraction of sp³-hybridized carbons (Fsp3) is 0.474. The predicted molar refractivity (Wildman–Crippen MR) is 84.4 cm³/mol. The molecule has 0 unspecified atom stereocenters. The van der Waals surface area contributed by atoms with Gasteiger partial charge >= 0.3 is 0 Å². The van der Waals surface area contributed by atoms with Gasteiger partial charge in [-0.3, -0.25) is 0 Å². The molecular formula is C19H26N2+2. The third-order valence-corrected chi connectivity index (χ3v) is 4.71. The summed E-state index contributed by atoms with van der Waals surface area (Å²) in [6, 6.07) is 8.79. The van der Waals surface area contributed by atoms with Crippen LogP contribution in [-0.4, -0.2) is 0 Å². The number of aromatic nitrogens is 2. The molecule has 1 saturated carbocycles. The zero-order valence-electron chi connectivity index (χ0n) is 13.0. The van der Waals surface area contributed by atoms with Crippen molar-refractivity contribution in [2.75, 3.05) is 0 Å². The Bertz CT molecular complexity index is 551. The van der Waals surface area contributed by atoms with Crippen molar-refractivity contribution in [2.24, 2.45) is 13.0 Å². The van der Waals surface area contributed by atoms with Gasteiger partial charge in [-0.1, -0.05) is 25.7 Å². The fourth-order valence-electron chi connectivity index (χ4n) is 3.35. The highest BCUT2D eigenvalue weighted by Gasteiger charge is 2.15. The SMILES string of the molecule is C[n+]1ccc(-c2cc[n+](CCCC3CCCC3)cc2)cc1. The van der Waals surface area contributed by atoms with Crippen LogP contribution in [-0.2, 0) is 13.6 Å². The van der Waals surface area contributed by atoms with E-state index in [1.807, 2.05) is 7.05 Å². The van der Waals surface area contributed by atoms with Crippen molar-refractivity contribution in [1.82, 2.24) is 0 Å². The summed E-state index contributed by atoms with van der Waals surface area (Å²) in [5.74, 6) is 1.01. The van der Waals surface area contributed by atoms with E-state index >= 15 is 0 Å². The van der Waals surface area contributed by atoms with E-state index in [4.69, 9.17) is 0 Å². The standard InChI is InChI=1S/C19H26N2/c1-20-13-8-18(9-14-20)19-10-15-21(16-11-19)12-4-7-17-5-2-3-6-17/h8-11,13-17H,2-7,12H2,1H3/q+2. The van der Waals surface area contributed by atoms with E-state index in [-0.39, 0.29) is 0 Å². The number of aryl methyl sites for hydroxylation is 2. The van der Waals surface area contributed by atoms with Crippen LogP contribution < -0.4 is 9.13 Å². The Labute approximate surface area is 128 Å². The fourth-order valence-corrected chi connectivity index (χ4v) is 3.35. The quantitative estimate of drug-likeness (QED) is 0.742. The zero-order valence-corrected chi connectivity index (χ0v) is 13.0. The van der Waals surface area contributed by atoms with Crippen LogP contribution in [0.25, 0.3) is 11.1 Å². The highest BCUT2D eigenvalue weighted by Crippen LogP contribution is 2.28. The summed E-state index contributed by atoms with van der Waals surface area (Å²) in [6.45, 7) is 1.15. The van der Waals surface area contributed by atoms with Crippen LogP contribution in [0, 0.1) is 5.92 Å². The normalized spacial score (nSPS) is 15.5. The maximum Gasteiger partial charge on any atom is 0.169 e. The van der Waals surface area contributed by atoms with Crippen molar-refractivity contribution >= 4 is 0 Å². The number of hydrogen-bond donors (Lipinski definition) is 0. The summed E-state index contributed by atoms with van der Waals surface area (Å²) in [4.78, 5) is 0. The lowest BCUT2D eigenvalue weighted by atomic mass is 10.0. The molecule has 0 bridgehead atoms. The van der Waals surface area contributed by atoms with Gasteiger partial charge in [-0.2, -0.15) is 0 Å². The van der Waals surface area contributed by atoms with Crippen molar-refractivity contribution in [3.05, 3.63) is 49.1 Å². The molecule has 110 valence electrons. The van der Waals surface area contributed by atoms with E-state index in [1.165, 1.54) is 49.7 Å². The van der Waals surface area contributed by atoms with Crippen molar-refractivity contribution < 1.29 is 9.13 Å². The van der Waals surface area contributed by atoms with Crippen LogP contribution in [0.1, 0.15) is 38.5 Å². The Morgan fingerprint density at radius 2 is 1.48 bits per heavy atom. The Kier molecular flexibility index (Phi) is 4.64. The summed E-state index contributed by atoms with van der Waals surface area (Å²) >= 11 is 0. The molecule has 2 heterocycles. The van der Waals surface area contributed by atoms with Gasteiger partial charge in [0, 0.05) is 30.7 Å². The van der Waals surface area contributed by atoms with Crippen molar-refractivity contribution in [3.8, 4) is 11.1 Å². The summed E-state index contributed by atoms with van der Waals surface area (Å²) < 4.78 is 4.39. The molecule has 0 atom stereocenters. The van der Waals surface area contributed by atoms with Gasteiger partial charge in [0.1, 0.15) is 13.6 Å². The molecule has 0 N–H and O–H groups in total. The molecule has 2 nitrogen and oxygen atoms in total. The third kappa shape index (κ3) is 3.90. The molecule has 2 aromatic heterocycles. The lowest BCUT2D eigenvalue weighted by Gasteiger charge is -2.06. The second kappa shape index (κ2) is 6.84. The maximum absolute atomic E-state index is 2.32. The van der Waals surface area contributed by atoms with Crippen LogP contribution in [0.3, 0.4) is 0 Å². The predicted octanol–water partition coefficient (Wildman–Crippen LogP) is 3.44. The minimum atomic E-state index is 1.01. The van der Waals surface area contributed by atoms with Gasteiger partial charge < -0.3 is 0 Å². The first-order valence-corrected chi connectivity index (χ1v) is 8.26. The van der Waals surface area contributed by atoms with Gasteiger partial charge in [-0.05, 0) is 23.5 Å². The number of pyridine rings is 2. The first-order valence-electron chi connectivity index (χ1n) is 8.26. The summed E-state index contributed by atoms with van der Waals surface area (Å²) in [5, 5.41) is 0. The summed E-state index contributed by atoms with van der Waals surface area (Å²) in [7, 11) is 2.05. The Hall–Kier alpha value is -1.70. The topological polar surface area (TPSA) is 7.76 Å². The molecular weight excluding hydrogens is 256 g/mol. The highest BCUT2D eigenvalue weighted by atomic mass is 14.9. The Balaban J connectivity index is 1.55. The van der Waals surface area contributed by atoms with Crippen molar-refractivity contribution in [2.45, 2.75) is 45.1 Å². The Morgan fingerprint density at radius 1 is 0.905 bits per heavy atom. The molecule has 2 heteroatoms. The largest absolute Gasteiger partial charge is 0.208 e. The van der Waals surface area contributed by atoms with Crippen LogP contribution >= 0.6 is 0 Å². The second-order valence-electron chi connectivity index (χ2n) is 6.37. The van der Waals surface area contributed by atoms with E-state index in [0.717, 1.165) is 12.5 Å². The summed E-state index contributed by atoms with van der Waals surface area (Å²) in [5.41, 5.74) is 2.58. The van der Waals surface area contributed by atoms with E-state index in [9.17, 15) is 0 Å². The second-order valence-corrected chi connectivity index (χ2v) is 6.37. The monoisotopic (exact) mass is 282 g/mol. The van der Waals surface area contributed by atoms with Crippen molar-refractivity contribution in [3.63, 3.8) is 0 Å². The average Bonchev–Trinajstić information content (AvgIpc) is 3.02. The molecule has 2 aromatic rings. The van der Waals surface area contributed by atoms with Crippen LogP contribution in [0.4, 0.5) is 0 Å². The van der Waals surface area contributed by atoms with Crippen molar-refractivity contribution in [1.29, 1.82) is 0 Å². The van der Waals surface area contributed by atoms with Crippen LogP contribution in [0.15, 0.2) is 49.1 Å². The number of rotatable bonds is 5. The Morgan fingerprint density at radius 3 is 2.10 bits per heavy atom. The van der Waals surface area contributed by atoms with Gasteiger partial charge in [0.2, 0.25) is 0 Å².